The van der Waals surface area contributed by atoms with Crippen molar-refractivity contribution in [3.63, 3.8) is 0 Å². The monoisotopic (exact) mass is 415 g/mol. The molecule has 1 heterocycles. The highest BCUT2D eigenvalue weighted by Gasteiger charge is 2.41. The summed E-state index contributed by atoms with van der Waals surface area (Å²) >= 11 is 0. The van der Waals surface area contributed by atoms with Crippen LogP contribution in [0, 0.1) is 5.82 Å². The van der Waals surface area contributed by atoms with E-state index >= 15 is 0 Å². The SMILES string of the molecule is CCOCCOCc1cccc(CNC(=O)C2(c3cccc(F)c3)CCOCC2)c1. The van der Waals surface area contributed by atoms with Crippen LogP contribution in [-0.2, 0) is 37.6 Å². The summed E-state index contributed by atoms with van der Waals surface area (Å²) in [6, 6.07) is 14.3. The Labute approximate surface area is 177 Å². The molecule has 0 aromatic heterocycles. The molecule has 6 heteroatoms. The first-order valence-corrected chi connectivity index (χ1v) is 10.5. The number of amides is 1. The lowest BCUT2D eigenvalue weighted by Crippen LogP contribution is -2.47. The molecule has 30 heavy (non-hydrogen) atoms. The Kier molecular flexibility index (Phi) is 8.37. The molecule has 2 aromatic rings. The highest BCUT2D eigenvalue weighted by molar-refractivity contribution is 5.88. The van der Waals surface area contributed by atoms with Crippen LogP contribution in [0.4, 0.5) is 4.39 Å². The van der Waals surface area contributed by atoms with Gasteiger partial charge in [0.2, 0.25) is 5.91 Å². The maximum atomic E-state index is 13.8. The van der Waals surface area contributed by atoms with Crippen molar-refractivity contribution in [2.75, 3.05) is 33.0 Å². The van der Waals surface area contributed by atoms with Crippen LogP contribution in [0.25, 0.3) is 0 Å². The van der Waals surface area contributed by atoms with Crippen molar-refractivity contribution in [1.29, 1.82) is 0 Å². The molecule has 3 rings (SSSR count). The van der Waals surface area contributed by atoms with Crippen LogP contribution in [0.15, 0.2) is 48.5 Å². The van der Waals surface area contributed by atoms with E-state index < -0.39 is 5.41 Å². The molecule has 0 unspecified atom stereocenters. The third-order valence-electron chi connectivity index (χ3n) is 5.45. The maximum Gasteiger partial charge on any atom is 0.231 e. The van der Waals surface area contributed by atoms with E-state index in [9.17, 15) is 9.18 Å². The van der Waals surface area contributed by atoms with Crippen LogP contribution in [0.2, 0.25) is 0 Å². The Hall–Kier alpha value is -2.28. The van der Waals surface area contributed by atoms with Crippen LogP contribution in [-0.4, -0.2) is 38.9 Å². The lowest BCUT2D eigenvalue weighted by molar-refractivity contribution is -0.130. The second kappa shape index (κ2) is 11.2. The van der Waals surface area contributed by atoms with Crippen molar-refractivity contribution < 1.29 is 23.4 Å². The summed E-state index contributed by atoms with van der Waals surface area (Å²) in [6.07, 6.45) is 1.08. The normalized spacial score (nSPS) is 15.7. The number of halogens is 1. The molecule has 2 aromatic carbocycles. The number of hydrogen-bond donors (Lipinski definition) is 1. The lowest BCUT2D eigenvalue weighted by atomic mass is 9.73. The predicted octanol–water partition coefficient (Wildman–Crippen LogP) is 3.74. The first kappa shape index (κ1) is 22.4. The number of ether oxygens (including phenoxy) is 3. The van der Waals surface area contributed by atoms with Gasteiger partial charge in [0, 0.05) is 26.4 Å². The summed E-state index contributed by atoms with van der Waals surface area (Å²) in [7, 11) is 0. The van der Waals surface area contributed by atoms with E-state index in [0.717, 1.165) is 11.1 Å². The number of carbonyl (C=O) groups excluding carboxylic acids is 1. The summed E-state index contributed by atoms with van der Waals surface area (Å²) in [4.78, 5) is 13.2. The molecule has 0 atom stereocenters. The maximum absolute atomic E-state index is 13.8. The highest BCUT2D eigenvalue weighted by Crippen LogP contribution is 2.35. The van der Waals surface area contributed by atoms with Crippen LogP contribution in [0.1, 0.15) is 36.5 Å². The van der Waals surface area contributed by atoms with Gasteiger partial charge in [0.15, 0.2) is 0 Å². The molecule has 1 fully saturated rings. The van der Waals surface area contributed by atoms with Crippen molar-refractivity contribution >= 4 is 5.91 Å². The van der Waals surface area contributed by atoms with Gasteiger partial charge in [0.25, 0.3) is 0 Å². The van der Waals surface area contributed by atoms with Gasteiger partial charge in [0.1, 0.15) is 5.82 Å². The Morgan fingerprint density at radius 1 is 1.07 bits per heavy atom. The van der Waals surface area contributed by atoms with Gasteiger partial charge in [-0.05, 0) is 48.6 Å². The number of nitrogens with one attached hydrogen (secondary N) is 1. The Morgan fingerprint density at radius 2 is 1.80 bits per heavy atom. The second-order valence-corrected chi connectivity index (χ2v) is 7.46. The zero-order valence-corrected chi connectivity index (χ0v) is 17.5. The van der Waals surface area contributed by atoms with E-state index in [2.05, 4.69) is 5.32 Å². The van der Waals surface area contributed by atoms with Crippen molar-refractivity contribution in [2.24, 2.45) is 0 Å². The summed E-state index contributed by atoms with van der Waals surface area (Å²) in [5.74, 6) is -0.419. The zero-order valence-electron chi connectivity index (χ0n) is 17.5. The summed E-state index contributed by atoms with van der Waals surface area (Å²) in [5, 5.41) is 3.06. The third kappa shape index (κ3) is 5.88. The molecule has 0 saturated carbocycles. The van der Waals surface area contributed by atoms with E-state index in [1.54, 1.807) is 6.07 Å². The molecule has 162 valence electrons. The minimum atomic E-state index is -0.764. The topological polar surface area (TPSA) is 56.8 Å². The first-order valence-electron chi connectivity index (χ1n) is 10.5. The largest absolute Gasteiger partial charge is 0.381 e. The molecule has 1 aliphatic rings. The van der Waals surface area contributed by atoms with Crippen molar-refractivity contribution in [3.8, 4) is 0 Å². The third-order valence-corrected chi connectivity index (χ3v) is 5.45. The first-order chi connectivity index (χ1) is 14.6. The van der Waals surface area contributed by atoms with E-state index in [-0.39, 0.29) is 11.7 Å². The molecule has 1 amide bonds. The Balaban J connectivity index is 1.62. The van der Waals surface area contributed by atoms with Gasteiger partial charge in [-0.15, -0.1) is 0 Å². The molecule has 0 bridgehead atoms. The smallest absolute Gasteiger partial charge is 0.231 e. The predicted molar refractivity (Wildman–Crippen MR) is 113 cm³/mol. The number of benzene rings is 2. The van der Waals surface area contributed by atoms with Crippen molar-refractivity contribution in [1.82, 2.24) is 5.32 Å². The van der Waals surface area contributed by atoms with Gasteiger partial charge >= 0.3 is 0 Å². The van der Waals surface area contributed by atoms with Gasteiger partial charge in [-0.2, -0.15) is 0 Å². The van der Waals surface area contributed by atoms with E-state index in [1.165, 1.54) is 12.1 Å². The van der Waals surface area contributed by atoms with Crippen molar-refractivity contribution in [3.05, 3.63) is 71.0 Å². The molecule has 1 aliphatic heterocycles. The second-order valence-electron chi connectivity index (χ2n) is 7.46. The number of hydrogen-bond acceptors (Lipinski definition) is 4. The van der Waals surface area contributed by atoms with Crippen molar-refractivity contribution in [2.45, 2.75) is 38.3 Å². The molecule has 1 saturated heterocycles. The summed E-state index contributed by atoms with van der Waals surface area (Å²) in [6.45, 7) is 5.64. The number of rotatable bonds is 10. The lowest BCUT2D eigenvalue weighted by Gasteiger charge is -2.36. The molecular weight excluding hydrogens is 385 g/mol. The van der Waals surface area contributed by atoms with Gasteiger partial charge in [-0.3, -0.25) is 4.79 Å². The van der Waals surface area contributed by atoms with E-state index in [0.29, 0.717) is 64.6 Å². The fraction of sp³-hybridized carbons (Fsp3) is 0.458. The van der Waals surface area contributed by atoms with E-state index in [1.807, 2.05) is 37.3 Å². The minimum absolute atomic E-state index is 0.0882. The van der Waals surface area contributed by atoms with E-state index in [4.69, 9.17) is 14.2 Å². The zero-order chi connectivity index (χ0) is 21.2. The molecular formula is C24H30FNO4. The fourth-order valence-corrected chi connectivity index (χ4v) is 3.79. The molecule has 0 aliphatic carbocycles. The van der Waals surface area contributed by atoms with Gasteiger partial charge in [0.05, 0.1) is 25.2 Å². The molecule has 0 spiro atoms. The van der Waals surface area contributed by atoms with Crippen LogP contribution in [0.5, 0.6) is 0 Å². The highest BCUT2D eigenvalue weighted by atomic mass is 19.1. The van der Waals surface area contributed by atoms with Crippen LogP contribution < -0.4 is 5.32 Å². The molecule has 0 radical (unpaired) electrons. The summed E-state index contributed by atoms with van der Waals surface area (Å²) < 4.78 is 30.2. The summed E-state index contributed by atoms with van der Waals surface area (Å²) in [5.41, 5.74) is 1.99. The minimum Gasteiger partial charge on any atom is -0.381 e. The van der Waals surface area contributed by atoms with Gasteiger partial charge in [-0.25, -0.2) is 4.39 Å². The molecule has 1 N–H and O–H groups in total. The van der Waals surface area contributed by atoms with Crippen LogP contribution >= 0.6 is 0 Å². The fourth-order valence-electron chi connectivity index (χ4n) is 3.79. The van der Waals surface area contributed by atoms with Crippen LogP contribution in [0.3, 0.4) is 0 Å². The Morgan fingerprint density at radius 3 is 2.57 bits per heavy atom. The quantitative estimate of drug-likeness (QED) is 0.601. The average molecular weight is 416 g/mol. The average Bonchev–Trinajstić information content (AvgIpc) is 2.78. The number of carbonyl (C=O) groups is 1. The molecule has 5 nitrogen and oxygen atoms in total. The standard InChI is InChI=1S/C24H30FNO4/c1-2-28-13-14-30-18-20-6-3-5-19(15-20)17-26-23(27)24(9-11-29-12-10-24)21-7-4-8-22(25)16-21/h3-8,15-16H,2,9-14,17-18H2,1H3,(H,26,27). The van der Waals surface area contributed by atoms with Gasteiger partial charge in [-0.1, -0.05) is 36.4 Å². The van der Waals surface area contributed by atoms with Gasteiger partial charge < -0.3 is 19.5 Å². The Bertz CT molecular complexity index is 820.